The van der Waals surface area contributed by atoms with E-state index in [1.807, 2.05) is 0 Å². The predicted molar refractivity (Wildman–Crippen MR) is 90.1 cm³/mol. The van der Waals surface area contributed by atoms with E-state index in [1.54, 1.807) is 23.4 Å². The summed E-state index contributed by atoms with van der Waals surface area (Å²) in [5.74, 6) is -2.77. The number of rotatable bonds is 3. The van der Waals surface area contributed by atoms with Gasteiger partial charge in [-0.3, -0.25) is 9.59 Å². The van der Waals surface area contributed by atoms with Crippen molar-refractivity contribution in [1.82, 2.24) is 14.8 Å². The van der Waals surface area contributed by atoms with Gasteiger partial charge in [-0.05, 0) is 12.5 Å². The lowest BCUT2D eigenvalue weighted by Gasteiger charge is -2.22. The molecule has 0 unspecified atom stereocenters. The van der Waals surface area contributed by atoms with Crippen LogP contribution in [0.15, 0.2) is 30.6 Å². The third-order valence-corrected chi connectivity index (χ3v) is 4.38. The standard InChI is InChI=1S/C18H19F2N3O3/c1-26-13-9-14(19)16(15(20)10-13)18(25)23-6-2-5-22(7-8-23)17(24)12-3-4-21-11-12/h3-4,9-11,21H,2,5-8H2,1H3. The quantitative estimate of drug-likeness (QED) is 0.910. The molecule has 2 heterocycles. The largest absolute Gasteiger partial charge is 0.497 e. The SMILES string of the molecule is COc1cc(F)c(C(=O)N2CCCN(C(=O)c3cc[nH]c3)CC2)c(F)c1. The molecule has 0 spiro atoms. The van der Waals surface area contributed by atoms with Crippen molar-refractivity contribution in [1.29, 1.82) is 0 Å². The van der Waals surface area contributed by atoms with E-state index < -0.39 is 23.1 Å². The van der Waals surface area contributed by atoms with Crippen LogP contribution in [0.5, 0.6) is 5.75 Å². The molecule has 1 aromatic heterocycles. The lowest BCUT2D eigenvalue weighted by Crippen LogP contribution is -2.37. The summed E-state index contributed by atoms with van der Waals surface area (Å²) < 4.78 is 33.1. The van der Waals surface area contributed by atoms with Crippen molar-refractivity contribution < 1.29 is 23.1 Å². The van der Waals surface area contributed by atoms with Gasteiger partial charge in [-0.25, -0.2) is 8.78 Å². The number of nitrogens with zero attached hydrogens (tertiary/aromatic N) is 2. The fourth-order valence-corrected chi connectivity index (χ4v) is 2.99. The van der Waals surface area contributed by atoms with Crippen molar-refractivity contribution >= 4 is 11.8 Å². The topological polar surface area (TPSA) is 65.6 Å². The van der Waals surface area contributed by atoms with Crippen molar-refractivity contribution in [2.24, 2.45) is 0 Å². The molecule has 8 heteroatoms. The van der Waals surface area contributed by atoms with E-state index in [0.29, 0.717) is 31.6 Å². The molecule has 0 aliphatic carbocycles. The first-order chi connectivity index (χ1) is 12.5. The molecule has 2 aromatic rings. The summed E-state index contributed by atoms with van der Waals surface area (Å²) in [5, 5.41) is 0. The summed E-state index contributed by atoms with van der Waals surface area (Å²) in [6.45, 7) is 1.30. The van der Waals surface area contributed by atoms with E-state index in [1.165, 1.54) is 12.0 Å². The molecule has 3 rings (SSSR count). The maximum Gasteiger partial charge on any atom is 0.259 e. The van der Waals surface area contributed by atoms with Crippen LogP contribution in [-0.4, -0.2) is 59.9 Å². The number of amides is 2. The molecule has 26 heavy (non-hydrogen) atoms. The molecule has 2 amide bonds. The molecule has 0 radical (unpaired) electrons. The first-order valence-electron chi connectivity index (χ1n) is 8.25. The summed E-state index contributed by atoms with van der Waals surface area (Å²) in [6.07, 6.45) is 3.80. The van der Waals surface area contributed by atoms with Crippen LogP contribution >= 0.6 is 0 Å². The number of ether oxygens (including phenoxy) is 1. The molecule has 1 aromatic carbocycles. The smallest absolute Gasteiger partial charge is 0.259 e. The average Bonchev–Trinajstić information content (AvgIpc) is 3.04. The fourth-order valence-electron chi connectivity index (χ4n) is 2.99. The predicted octanol–water partition coefficient (Wildman–Crippen LogP) is 2.29. The summed E-state index contributed by atoms with van der Waals surface area (Å²) in [6, 6.07) is 3.64. The number of H-pyrrole nitrogens is 1. The Hall–Kier alpha value is -2.90. The van der Waals surface area contributed by atoms with E-state index in [2.05, 4.69) is 4.98 Å². The number of carbonyl (C=O) groups excluding carboxylic acids is 2. The summed E-state index contributed by atoms with van der Waals surface area (Å²) in [7, 11) is 1.29. The van der Waals surface area contributed by atoms with Gasteiger partial charge in [0.05, 0.1) is 12.7 Å². The van der Waals surface area contributed by atoms with Crippen LogP contribution in [-0.2, 0) is 0 Å². The van der Waals surface area contributed by atoms with Crippen molar-refractivity contribution in [3.05, 3.63) is 53.4 Å². The molecule has 138 valence electrons. The summed E-state index contributed by atoms with van der Waals surface area (Å²) >= 11 is 0. The van der Waals surface area contributed by atoms with Crippen LogP contribution in [0.2, 0.25) is 0 Å². The number of nitrogens with one attached hydrogen (secondary N) is 1. The second kappa shape index (κ2) is 7.55. The highest BCUT2D eigenvalue weighted by molar-refractivity contribution is 5.96. The number of methoxy groups -OCH3 is 1. The van der Waals surface area contributed by atoms with Gasteiger partial charge >= 0.3 is 0 Å². The number of benzene rings is 1. The molecule has 1 aliphatic rings. The van der Waals surface area contributed by atoms with Crippen LogP contribution in [0.4, 0.5) is 8.78 Å². The van der Waals surface area contributed by atoms with E-state index in [4.69, 9.17) is 4.74 Å². The number of hydrogen-bond acceptors (Lipinski definition) is 3. The van der Waals surface area contributed by atoms with Gasteiger partial charge in [0, 0.05) is 50.7 Å². The Labute approximate surface area is 149 Å². The minimum atomic E-state index is -0.962. The number of halogens is 2. The average molecular weight is 363 g/mol. The number of carbonyl (C=O) groups is 2. The van der Waals surface area contributed by atoms with Gasteiger partial charge in [0.1, 0.15) is 22.9 Å². The molecule has 0 bridgehead atoms. The molecule has 0 atom stereocenters. The van der Waals surface area contributed by atoms with Gasteiger partial charge in [-0.15, -0.1) is 0 Å². The molecule has 1 fully saturated rings. The highest BCUT2D eigenvalue weighted by atomic mass is 19.1. The Kier molecular flexibility index (Phi) is 5.20. The highest BCUT2D eigenvalue weighted by Gasteiger charge is 2.27. The van der Waals surface area contributed by atoms with Crippen molar-refractivity contribution in [2.75, 3.05) is 33.3 Å². The zero-order valence-corrected chi connectivity index (χ0v) is 14.3. The van der Waals surface area contributed by atoms with Gasteiger partial charge in [-0.2, -0.15) is 0 Å². The summed E-state index contributed by atoms with van der Waals surface area (Å²) in [5.41, 5.74) is -0.0618. The van der Waals surface area contributed by atoms with Crippen LogP contribution in [0, 0.1) is 11.6 Å². The third kappa shape index (κ3) is 3.54. The third-order valence-electron chi connectivity index (χ3n) is 4.38. The van der Waals surface area contributed by atoms with Gasteiger partial charge in [0.15, 0.2) is 0 Å². The molecule has 1 aliphatic heterocycles. The highest BCUT2D eigenvalue weighted by Crippen LogP contribution is 2.22. The molecule has 1 N–H and O–H groups in total. The second-order valence-electron chi connectivity index (χ2n) is 6.00. The number of aromatic nitrogens is 1. The molecule has 0 saturated carbocycles. The van der Waals surface area contributed by atoms with Crippen molar-refractivity contribution in [3.63, 3.8) is 0 Å². The van der Waals surface area contributed by atoms with E-state index in [0.717, 1.165) is 12.1 Å². The maximum atomic E-state index is 14.2. The Morgan fingerprint density at radius 3 is 2.19 bits per heavy atom. The first kappa shape index (κ1) is 17.9. The monoisotopic (exact) mass is 363 g/mol. The Bertz CT molecular complexity index is 785. The second-order valence-corrected chi connectivity index (χ2v) is 6.00. The van der Waals surface area contributed by atoms with Gasteiger partial charge in [0.25, 0.3) is 11.8 Å². The lowest BCUT2D eigenvalue weighted by molar-refractivity contribution is 0.0713. The minimum Gasteiger partial charge on any atom is -0.497 e. The molecular weight excluding hydrogens is 344 g/mol. The summed E-state index contributed by atoms with van der Waals surface area (Å²) in [4.78, 5) is 30.8. The maximum absolute atomic E-state index is 14.2. The Balaban J connectivity index is 1.73. The van der Waals surface area contributed by atoms with Gasteiger partial charge < -0.3 is 19.5 Å². The van der Waals surface area contributed by atoms with Crippen molar-refractivity contribution in [2.45, 2.75) is 6.42 Å². The Morgan fingerprint density at radius 1 is 1.04 bits per heavy atom. The fraction of sp³-hybridized carbons (Fsp3) is 0.333. The first-order valence-corrected chi connectivity index (χ1v) is 8.25. The minimum absolute atomic E-state index is 0.00990. The zero-order valence-electron chi connectivity index (χ0n) is 14.3. The number of hydrogen-bond donors (Lipinski definition) is 1. The van der Waals surface area contributed by atoms with Crippen LogP contribution in [0.1, 0.15) is 27.1 Å². The van der Waals surface area contributed by atoms with Gasteiger partial charge in [0.2, 0.25) is 0 Å². The van der Waals surface area contributed by atoms with Crippen LogP contribution in [0.3, 0.4) is 0 Å². The van der Waals surface area contributed by atoms with Crippen LogP contribution in [0.25, 0.3) is 0 Å². The van der Waals surface area contributed by atoms with E-state index in [-0.39, 0.29) is 18.2 Å². The van der Waals surface area contributed by atoms with Crippen LogP contribution < -0.4 is 4.74 Å². The van der Waals surface area contributed by atoms with Gasteiger partial charge in [-0.1, -0.05) is 0 Å². The normalized spacial score (nSPS) is 14.9. The Morgan fingerprint density at radius 2 is 1.65 bits per heavy atom. The van der Waals surface area contributed by atoms with E-state index in [9.17, 15) is 18.4 Å². The van der Waals surface area contributed by atoms with E-state index >= 15 is 0 Å². The lowest BCUT2D eigenvalue weighted by atomic mass is 10.1. The number of aromatic amines is 1. The van der Waals surface area contributed by atoms with Crippen molar-refractivity contribution in [3.8, 4) is 5.75 Å². The molecular formula is C18H19F2N3O3. The zero-order chi connectivity index (χ0) is 18.7. The molecule has 6 nitrogen and oxygen atoms in total. The molecule has 1 saturated heterocycles.